The summed E-state index contributed by atoms with van der Waals surface area (Å²) in [4.78, 5) is 8.27. The molecule has 2 aromatic carbocycles. The third kappa shape index (κ3) is 3.29. The molecule has 0 aliphatic heterocycles. The van der Waals surface area contributed by atoms with Crippen molar-refractivity contribution in [2.24, 2.45) is 0 Å². The van der Waals surface area contributed by atoms with E-state index in [1.165, 1.54) is 19.3 Å². The molecular formula is C17H14ClF2N3O. The van der Waals surface area contributed by atoms with Crippen LogP contribution < -0.4 is 5.32 Å². The second-order valence-corrected chi connectivity index (χ2v) is 6.07. The van der Waals surface area contributed by atoms with Crippen molar-refractivity contribution in [3.05, 3.63) is 64.9 Å². The Bertz CT molecular complexity index is 902. The Morgan fingerprint density at radius 1 is 1.17 bits per heavy atom. The van der Waals surface area contributed by atoms with Gasteiger partial charge < -0.3 is 10.4 Å². The summed E-state index contributed by atoms with van der Waals surface area (Å²) in [6.07, 6.45) is 1.37. The fourth-order valence-electron chi connectivity index (χ4n) is 2.45. The molecular weight excluding hydrogens is 336 g/mol. The Hall–Kier alpha value is -2.31. The third-order valence-corrected chi connectivity index (χ3v) is 3.95. The standard InChI is InChI=1S/C17H14ClF2N3O/c1-17(24,13-5-3-11(19)7-14(13)20)8-21-16-12-4-2-10(18)6-15(12)22-9-23-16/h2-7,9,24H,8H2,1H3,(H,21,22,23). The van der Waals surface area contributed by atoms with Crippen molar-refractivity contribution in [3.63, 3.8) is 0 Å². The van der Waals surface area contributed by atoms with E-state index in [1.807, 2.05) is 0 Å². The van der Waals surface area contributed by atoms with Crippen LogP contribution in [0.3, 0.4) is 0 Å². The molecule has 4 nitrogen and oxygen atoms in total. The molecule has 2 N–H and O–H groups in total. The van der Waals surface area contributed by atoms with Crippen molar-refractivity contribution in [1.29, 1.82) is 0 Å². The lowest BCUT2D eigenvalue weighted by molar-refractivity contribution is 0.0674. The van der Waals surface area contributed by atoms with Gasteiger partial charge in [-0.15, -0.1) is 0 Å². The van der Waals surface area contributed by atoms with Gasteiger partial charge in [0.05, 0.1) is 5.52 Å². The smallest absolute Gasteiger partial charge is 0.137 e. The van der Waals surface area contributed by atoms with Crippen LogP contribution in [0.2, 0.25) is 5.02 Å². The summed E-state index contributed by atoms with van der Waals surface area (Å²) in [6.45, 7) is 1.42. The molecule has 0 fully saturated rings. The van der Waals surface area contributed by atoms with Gasteiger partial charge in [-0.05, 0) is 31.2 Å². The zero-order valence-electron chi connectivity index (χ0n) is 12.7. The van der Waals surface area contributed by atoms with Crippen LogP contribution in [0.1, 0.15) is 12.5 Å². The maximum atomic E-state index is 13.9. The molecule has 3 rings (SSSR count). The number of anilines is 1. The van der Waals surface area contributed by atoms with Crippen molar-refractivity contribution in [2.45, 2.75) is 12.5 Å². The molecule has 0 aliphatic rings. The van der Waals surface area contributed by atoms with Crippen molar-refractivity contribution in [3.8, 4) is 0 Å². The van der Waals surface area contributed by atoms with Crippen LogP contribution >= 0.6 is 11.6 Å². The van der Waals surface area contributed by atoms with Gasteiger partial charge in [-0.3, -0.25) is 0 Å². The van der Waals surface area contributed by atoms with Crippen LogP contribution in [0.5, 0.6) is 0 Å². The van der Waals surface area contributed by atoms with Crippen LogP contribution in [0.4, 0.5) is 14.6 Å². The number of hydrogen-bond donors (Lipinski definition) is 2. The molecule has 0 radical (unpaired) electrons. The highest BCUT2D eigenvalue weighted by Gasteiger charge is 2.27. The maximum absolute atomic E-state index is 13.9. The molecule has 1 atom stereocenters. The van der Waals surface area contributed by atoms with E-state index in [-0.39, 0.29) is 12.1 Å². The second-order valence-electron chi connectivity index (χ2n) is 5.64. The van der Waals surface area contributed by atoms with Gasteiger partial charge in [0, 0.05) is 28.6 Å². The fourth-order valence-corrected chi connectivity index (χ4v) is 2.61. The van der Waals surface area contributed by atoms with Gasteiger partial charge >= 0.3 is 0 Å². The largest absolute Gasteiger partial charge is 0.383 e. The Kier molecular flexibility index (Phi) is 4.34. The first-order valence-electron chi connectivity index (χ1n) is 7.19. The van der Waals surface area contributed by atoms with Gasteiger partial charge in [0.2, 0.25) is 0 Å². The predicted octanol–water partition coefficient (Wildman–Crippen LogP) is 3.88. The average molecular weight is 350 g/mol. The summed E-state index contributed by atoms with van der Waals surface area (Å²) in [6, 6.07) is 8.23. The number of aromatic nitrogens is 2. The first-order chi connectivity index (χ1) is 11.4. The van der Waals surface area contributed by atoms with Gasteiger partial charge in [0.15, 0.2) is 0 Å². The molecule has 1 aromatic heterocycles. The highest BCUT2D eigenvalue weighted by atomic mass is 35.5. The van der Waals surface area contributed by atoms with E-state index in [1.54, 1.807) is 18.2 Å². The molecule has 0 saturated heterocycles. The summed E-state index contributed by atoms with van der Waals surface area (Å²) in [5.74, 6) is -1.01. The number of halogens is 3. The van der Waals surface area contributed by atoms with Crippen LogP contribution in [-0.4, -0.2) is 21.6 Å². The van der Waals surface area contributed by atoms with Crippen molar-refractivity contribution < 1.29 is 13.9 Å². The number of nitrogens with zero attached hydrogens (tertiary/aromatic N) is 2. The average Bonchev–Trinajstić information content (AvgIpc) is 2.52. The fraction of sp³-hybridized carbons (Fsp3) is 0.176. The van der Waals surface area contributed by atoms with E-state index in [2.05, 4.69) is 15.3 Å². The third-order valence-electron chi connectivity index (χ3n) is 3.71. The van der Waals surface area contributed by atoms with Gasteiger partial charge in [0.1, 0.15) is 29.4 Å². The Labute approximate surface area is 142 Å². The van der Waals surface area contributed by atoms with Crippen molar-refractivity contribution >= 4 is 28.3 Å². The predicted molar refractivity (Wildman–Crippen MR) is 89.0 cm³/mol. The molecule has 24 heavy (non-hydrogen) atoms. The molecule has 3 aromatic rings. The minimum absolute atomic E-state index is 0.00203. The molecule has 124 valence electrons. The SMILES string of the molecule is CC(O)(CNc1ncnc2cc(Cl)ccc12)c1ccc(F)cc1F. The lowest BCUT2D eigenvalue weighted by atomic mass is 9.95. The molecule has 0 spiro atoms. The normalized spacial score (nSPS) is 13.7. The lowest BCUT2D eigenvalue weighted by Gasteiger charge is -2.25. The van der Waals surface area contributed by atoms with Gasteiger partial charge in [-0.25, -0.2) is 18.7 Å². The van der Waals surface area contributed by atoms with Crippen molar-refractivity contribution in [2.75, 3.05) is 11.9 Å². The van der Waals surface area contributed by atoms with Crippen LogP contribution in [0.15, 0.2) is 42.7 Å². The van der Waals surface area contributed by atoms with Crippen LogP contribution in [-0.2, 0) is 5.60 Å². The first-order valence-corrected chi connectivity index (χ1v) is 7.57. The van der Waals surface area contributed by atoms with E-state index in [0.29, 0.717) is 16.4 Å². The summed E-state index contributed by atoms with van der Waals surface area (Å²) in [5, 5.41) is 14.8. The zero-order valence-corrected chi connectivity index (χ0v) is 13.5. The maximum Gasteiger partial charge on any atom is 0.137 e. The first kappa shape index (κ1) is 16.5. The number of nitrogens with one attached hydrogen (secondary N) is 1. The molecule has 0 aliphatic carbocycles. The molecule has 0 saturated carbocycles. The Morgan fingerprint density at radius 3 is 2.71 bits per heavy atom. The van der Waals surface area contributed by atoms with Crippen molar-refractivity contribution in [1.82, 2.24) is 9.97 Å². The van der Waals surface area contributed by atoms with E-state index in [0.717, 1.165) is 17.5 Å². The van der Waals surface area contributed by atoms with E-state index >= 15 is 0 Å². The molecule has 1 unspecified atom stereocenters. The number of rotatable bonds is 4. The monoisotopic (exact) mass is 349 g/mol. The minimum Gasteiger partial charge on any atom is -0.383 e. The Morgan fingerprint density at radius 2 is 1.96 bits per heavy atom. The molecule has 1 heterocycles. The van der Waals surface area contributed by atoms with Gasteiger partial charge in [-0.2, -0.15) is 0 Å². The summed E-state index contributed by atoms with van der Waals surface area (Å²) in [5.41, 5.74) is -0.910. The van der Waals surface area contributed by atoms with Gasteiger partial charge in [0.25, 0.3) is 0 Å². The molecule has 0 amide bonds. The zero-order chi connectivity index (χ0) is 17.3. The Balaban J connectivity index is 1.87. The summed E-state index contributed by atoms with van der Waals surface area (Å²) < 4.78 is 26.9. The second kappa shape index (κ2) is 6.30. The van der Waals surface area contributed by atoms with E-state index in [9.17, 15) is 13.9 Å². The van der Waals surface area contributed by atoms with E-state index < -0.39 is 17.2 Å². The molecule has 0 bridgehead atoms. The summed E-state index contributed by atoms with van der Waals surface area (Å²) >= 11 is 5.94. The van der Waals surface area contributed by atoms with Gasteiger partial charge in [-0.1, -0.05) is 17.7 Å². The number of aliphatic hydroxyl groups is 1. The number of hydrogen-bond acceptors (Lipinski definition) is 4. The number of benzene rings is 2. The molecule has 7 heteroatoms. The topological polar surface area (TPSA) is 58.0 Å². The highest BCUT2D eigenvalue weighted by Crippen LogP contribution is 2.27. The summed E-state index contributed by atoms with van der Waals surface area (Å²) in [7, 11) is 0. The number of fused-ring (bicyclic) bond motifs is 1. The van der Waals surface area contributed by atoms with Crippen LogP contribution in [0, 0.1) is 11.6 Å². The van der Waals surface area contributed by atoms with E-state index in [4.69, 9.17) is 11.6 Å². The highest BCUT2D eigenvalue weighted by molar-refractivity contribution is 6.31. The quantitative estimate of drug-likeness (QED) is 0.750. The lowest BCUT2D eigenvalue weighted by Crippen LogP contribution is -2.32. The van der Waals surface area contributed by atoms with Crippen LogP contribution in [0.25, 0.3) is 10.9 Å². The minimum atomic E-state index is -1.55.